The third kappa shape index (κ3) is 3.11. The number of hydrogen-bond donors (Lipinski definition) is 1. The number of Topliss-reactive ketones (excluding diaryl/α,β-unsaturated/α-hetero) is 1. The molecule has 0 atom stereocenters. The molecule has 1 aromatic heterocycles. The molecule has 0 unspecified atom stereocenters. The van der Waals surface area contributed by atoms with Crippen molar-refractivity contribution in [3.05, 3.63) is 53.3 Å². The van der Waals surface area contributed by atoms with Gasteiger partial charge in [-0.15, -0.1) is 0 Å². The summed E-state index contributed by atoms with van der Waals surface area (Å²) in [4.78, 5) is 30.7. The highest BCUT2D eigenvalue weighted by atomic mass is 19.1. The third-order valence-corrected chi connectivity index (χ3v) is 3.55. The molecule has 124 valence electrons. The number of nitrogens with one attached hydrogen (secondary N) is 1. The Kier molecular flexibility index (Phi) is 4.26. The molecule has 1 aliphatic rings. The lowest BCUT2D eigenvalue weighted by Gasteiger charge is -2.14. The summed E-state index contributed by atoms with van der Waals surface area (Å²) in [6.07, 6.45) is 1.23. The lowest BCUT2D eigenvalue weighted by atomic mass is 10.0. The number of allylic oxidation sites excluding steroid dienone is 2. The number of likely N-dealkylation sites (N-methyl/N-ethyl adjacent to an activating group) is 1. The van der Waals surface area contributed by atoms with Gasteiger partial charge in [-0.3, -0.25) is 9.59 Å². The van der Waals surface area contributed by atoms with Crippen LogP contribution in [0.4, 0.5) is 4.39 Å². The SMILES string of the molecule is CN(C)CCNC1=CC(=O)c2nc(-c3ccc(F)cc3)oc2C1=O. The molecule has 0 aliphatic heterocycles. The van der Waals surface area contributed by atoms with Crippen molar-refractivity contribution in [1.29, 1.82) is 0 Å². The summed E-state index contributed by atoms with van der Waals surface area (Å²) in [5.41, 5.74) is 0.669. The maximum Gasteiger partial charge on any atom is 0.246 e. The number of halogens is 1. The fourth-order valence-corrected chi connectivity index (χ4v) is 2.29. The van der Waals surface area contributed by atoms with E-state index in [0.717, 1.165) is 0 Å². The van der Waals surface area contributed by atoms with Crippen molar-refractivity contribution in [1.82, 2.24) is 15.2 Å². The van der Waals surface area contributed by atoms with E-state index in [0.29, 0.717) is 18.7 Å². The van der Waals surface area contributed by atoms with Gasteiger partial charge < -0.3 is 14.6 Å². The highest BCUT2D eigenvalue weighted by Crippen LogP contribution is 2.27. The van der Waals surface area contributed by atoms with Gasteiger partial charge >= 0.3 is 0 Å². The zero-order valence-electron chi connectivity index (χ0n) is 13.3. The molecular weight excluding hydrogens is 313 g/mol. The van der Waals surface area contributed by atoms with Crippen molar-refractivity contribution in [2.45, 2.75) is 0 Å². The van der Waals surface area contributed by atoms with Crippen molar-refractivity contribution in [3.63, 3.8) is 0 Å². The largest absolute Gasteiger partial charge is 0.432 e. The van der Waals surface area contributed by atoms with E-state index in [-0.39, 0.29) is 23.0 Å². The number of benzene rings is 1. The molecular formula is C17H16FN3O3. The Balaban J connectivity index is 1.85. The number of carbonyl (C=O) groups is 2. The second-order valence-corrected chi connectivity index (χ2v) is 5.69. The summed E-state index contributed by atoms with van der Waals surface area (Å²) in [7, 11) is 3.82. The van der Waals surface area contributed by atoms with Gasteiger partial charge in [0.05, 0.1) is 5.70 Å². The van der Waals surface area contributed by atoms with Crippen LogP contribution in [0.1, 0.15) is 21.0 Å². The van der Waals surface area contributed by atoms with Gasteiger partial charge in [0, 0.05) is 24.7 Å². The minimum absolute atomic E-state index is 0.0162. The topological polar surface area (TPSA) is 75.4 Å². The van der Waals surface area contributed by atoms with Crippen molar-refractivity contribution in [2.75, 3.05) is 27.2 Å². The predicted molar refractivity (Wildman–Crippen MR) is 85.2 cm³/mol. The zero-order chi connectivity index (χ0) is 17.3. The lowest BCUT2D eigenvalue weighted by Crippen LogP contribution is -2.31. The first kappa shape index (κ1) is 16.1. The van der Waals surface area contributed by atoms with Crippen LogP contribution in [-0.4, -0.2) is 48.6 Å². The monoisotopic (exact) mass is 329 g/mol. The van der Waals surface area contributed by atoms with Crippen LogP contribution in [0.3, 0.4) is 0 Å². The molecule has 6 nitrogen and oxygen atoms in total. The van der Waals surface area contributed by atoms with Gasteiger partial charge in [0.15, 0.2) is 5.69 Å². The quantitative estimate of drug-likeness (QED) is 0.903. The number of carbonyl (C=O) groups excluding carboxylic acids is 2. The van der Waals surface area contributed by atoms with E-state index in [4.69, 9.17) is 4.42 Å². The first-order valence-electron chi connectivity index (χ1n) is 7.42. The molecule has 7 heteroatoms. The molecule has 3 rings (SSSR count). The normalized spacial score (nSPS) is 13.9. The standard InChI is InChI=1S/C17H16FN3O3/c1-21(2)8-7-19-12-9-13(22)14-16(15(12)23)24-17(20-14)10-3-5-11(18)6-4-10/h3-6,9,19H,7-8H2,1-2H3. The van der Waals surface area contributed by atoms with Gasteiger partial charge in [-0.1, -0.05) is 0 Å². The van der Waals surface area contributed by atoms with E-state index < -0.39 is 17.4 Å². The number of hydrogen-bond acceptors (Lipinski definition) is 6. The van der Waals surface area contributed by atoms with Crippen LogP contribution in [0.15, 0.2) is 40.5 Å². The summed E-state index contributed by atoms with van der Waals surface area (Å²) in [5.74, 6) is -1.17. The van der Waals surface area contributed by atoms with E-state index in [1.54, 1.807) is 0 Å². The fraction of sp³-hybridized carbons (Fsp3) is 0.235. The van der Waals surface area contributed by atoms with Gasteiger partial charge in [0.2, 0.25) is 23.2 Å². The molecule has 1 N–H and O–H groups in total. The maximum atomic E-state index is 13.0. The molecule has 0 bridgehead atoms. The molecule has 0 saturated heterocycles. The highest BCUT2D eigenvalue weighted by molar-refractivity contribution is 6.22. The summed E-state index contributed by atoms with van der Waals surface area (Å²) in [6, 6.07) is 5.47. The average Bonchev–Trinajstić information content (AvgIpc) is 2.98. The Morgan fingerprint density at radius 2 is 1.92 bits per heavy atom. The first-order valence-corrected chi connectivity index (χ1v) is 7.42. The molecule has 2 aromatic rings. The molecule has 0 spiro atoms. The Morgan fingerprint density at radius 1 is 1.21 bits per heavy atom. The summed E-state index contributed by atoms with van der Waals surface area (Å²) < 4.78 is 18.5. The molecule has 0 fully saturated rings. The molecule has 0 amide bonds. The second-order valence-electron chi connectivity index (χ2n) is 5.69. The number of ketones is 2. The number of rotatable bonds is 5. The van der Waals surface area contributed by atoms with Crippen LogP contribution in [0, 0.1) is 5.82 Å². The minimum Gasteiger partial charge on any atom is -0.432 e. The van der Waals surface area contributed by atoms with E-state index in [1.165, 1.54) is 30.3 Å². The van der Waals surface area contributed by atoms with Crippen LogP contribution in [-0.2, 0) is 0 Å². The van der Waals surface area contributed by atoms with Crippen LogP contribution in [0.2, 0.25) is 0 Å². The van der Waals surface area contributed by atoms with Crippen molar-refractivity contribution >= 4 is 11.6 Å². The predicted octanol–water partition coefficient (Wildman–Crippen LogP) is 1.89. The van der Waals surface area contributed by atoms with Crippen LogP contribution >= 0.6 is 0 Å². The second kappa shape index (κ2) is 6.37. The van der Waals surface area contributed by atoms with Gasteiger partial charge in [0.1, 0.15) is 5.82 Å². The number of fused-ring (bicyclic) bond motifs is 1. The van der Waals surface area contributed by atoms with E-state index >= 15 is 0 Å². The van der Waals surface area contributed by atoms with Crippen molar-refractivity contribution in [3.8, 4) is 11.5 Å². The van der Waals surface area contributed by atoms with Gasteiger partial charge in [-0.2, -0.15) is 0 Å². The zero-order valence-corrected chi connectivity index (χ0v) is 13.3. The van der Waals surface area contributed by atoms with Crippen LogP contribution in [0.5, 0.6) is 0 Å². The van der Waals surface area contributed by atoms with Gasteiger partial charge in [-0.05, 0) is 38.4 Å². The van der Waals surface area contributed by atoms with Gasteiger partial charge in [-0.25, -0.2) is 9.37 Å². The minimum atomic E-state index is -0.413. The van der Waals surface area contributed by atoms with E-state index in [9.17, 15) is 14.0 Å². The Morgan fingerprint density at radius 3 is 2.58 bits per heavy atom. The molecule has 0 saturated carbocycles. The molecule has 24 heavy (non-hydrogen) atoms. The Bertz CT molecular complexity index is 822. The molecule has 0 radical (unpaired) electrons. The highest BCUT2D eigenvalue weighted by Gasteiger charge is 2.32. The maximum absolute atomic E-state index is 13.0. The fourth-order valence-electron chi connectivity index (χ4n) is 2.29. The Hall–Kier alpha value is -2.80. The van der Waals surface area contributed by atoms with Crippen LogP contribution in [0.25, 0.3) is 11.5 Å². The lowest BCUT2D eigenvalue weighted by molar-refractivity contribution is 0.0956. The molecule has 1 heterocycles. The van der Waals surface area contributed by atoms with E-state index in [1.807, 2.05) is 19.0 Å². The van der Waals surface area contributed by atoms with Crippen molar-refractivity contribution in [2.24, 2.45) is 0 Å². The van der Waals surface area contributed by atoms with Crippen molar-refractivity contribution < 1.29 is 18.4 Å². The number of oxazole rings is 1. The molecule has 1 aliphatic carbocycles. The van der Waals surface area contributed by atoms with E-state index in [2.05, 4.69) is 10.3 Å². The first-order chi connectivity index (χ1) is 11.5. The summed E-state index contributed by atoms with van der Waals surface area (Å²) in [5, 5.41) is 2.94. The summed E-state index contributed by atoms with van der Waals surface area (Å²) >= 11 is 0. The average molecular weight is 329 g/mol. The van der Waals surface area contributed by atoms with Crippen LogP contribution < -0.4 is 5.32 Å². The number of aromatic nitrogens is 1. The van der Waals surface area contributed by atoms with Gasteiger partial charge in [0.25, 0.3) is 0 Å². The molecule has 1 aromatic carbocycles. The number of nitrogens with zero attached hydrogens (tertiary/aromatic N) is 2. The third-order valence-electron chi connectivity index (χ3n) is 3.55. The smallest absolute Gasteiger partial charge is 0.246 e. The summed E-state index contributed by atoms with van der Waals surface area (Å²) in [6.45, 7) is 1.23. The Labute approximate surface area is 138 Å².